The SMILES string of the molecule is COc1ccc(Oc2c(F)cc(C(N)=S)cc2F)cc1. The Bertz CT molecular complexity index is 621. The van der Waals surface area contributed by atoms with Crippen molar-refractivity contribution in [1.82, 2.24) is 0 Å². The van der Waals surface area contributed by atoms with Gasteiger partial charge in [-0.2, -0.15) is 0 Å². The van der Waals surface area contributed by atoms with Crippen LogP contribution in [0.15, 0.2) is 36.4 Å². The van der Waals surface area contributed by atoms with Crippen molar-refractivity contribution in [2.75, 3.05) is 7.11 Å². The first-order valence-corrected chi connectivity index (χ1v) is 6.03. The molecule has 0 aliphatic rings. The van der Waals surface area contributed by atoms with Gasteiger partial charge in [-0.25, -0.2) is 8.78 Å². The van der Waals surface area contributed by atoms with Crippen LogP contribution >= 0.6 is 12.2 Å². The Balaban J connectivity index is 2.30. The highest BCUT2D eigenvalue weighted by Crippen LogP contribution is 2.29. The Morgan fingerprint density at radius 1 is 1.05 bits per heavy atom. The van der Waals surface area contributed by atoms with Gasteiger partial charge in [0.25, 0.3) is 0 Å². The first-order valence-electron chi connectivity index (χ1n) is 5.62. The van der Waals surface area contributed by atoms with Crippen molar-refractivity contribution in [3.63, 3.8) is 0 Å². The number of rotatable bonds is 4. The third-order valence-electron chi connectivity index (χ3n) is 2.56. The van der Waals surface area contributed by atoms with Gasteiger partial charge in [-0.15, -0.1) is 0 Å². The van der Waals surface area contributed by atoms with Crippen molar-refractivity contribution in [3.8, 4) is 17.2 Å². The second-order valence-corrected chi connectivity index (χ2v) is 4.35. The smallest absolute Gasteiger partial charge is 0.198 e. The topological polar surface area (TPSA) is 44.5 Å². The maximum absolute atomic E-state index is 13.8. The van der Waals surface area contributed by atoms with Crippen molar-refractivity contribution in [2.45, 2.75) is 0 Å². The summed E-state index contributed by atoms with van der Waals surface area (Å²) in [4.78, 5) is -0.0844. The van der Waals surface area contributed by atoms with Crippen molar-refractivity contribution < 1.29 is 18.3 Å². The quantitative estimate of drug-likeness (QED) is 0.878. The molecule has 0 aliphatic carbocycles. The van der Waals surface area contributed by atoms with Crippen molar-refractivity contribution in [3.05, 3.63) is 53.6 Å². The minimum Gasteiger partial charge on any atom is -0.497 e. The molecule has 2 aromatic carbocycles. The summed E-state index contributed by atoms with van der Waals surface area (Å²) in [5.41, 5.74) is 5.44. The summed E-state index contributed by atoms with van der Waals surface area (Å²) < 4.78 is 37.8. The van der Waals surface area contributed by atoms with Crippen LogP contribution in [0.25, 0.3) is 0 Å². The minimum absolute atomic E-state index is 0.0844. The normalized spacial score (nSPS) is 10.2. The lowest BCUT2D eigenvalue weighted by molar-refractivity contribution is 0.401. The average molecular weight is 295 g/mol. The van der Waals surface area contributed by atoms with Gasteiger partial charge in [0, 0.05) is 5.56 Å². The number of nitrogens with two attached hydrogens (primary N) is 1. The predicted molar refractivity (Wildman–Crippen MR) is 75.3 cm³/mol. The van der Waals surface area contributed by atoms with Gasteiger partial charge < -0.3 is 15.2 Å². The highest BCUT2D eigenvalue weighted by molar-refractivity contribution is 7.80. The van der Waals surface area contributed by atoms with E-state index in [2.05, 4.69) is 12.2 Å². The number of hydrogen-bond acceptors (Lipinski definition) is 3. The monoisotopic (exact) mass is 295 g/mol. The van der Waals surface area contributed by atoms with Crippen LogP contribution in [0.4, 0.5) is 8.78 Å². The van der Waals surface area contributed by atoms with Crippen LogP contribution in [0.1, 0.15) is 5.56 Å². The Labute approximate surface area is 119 Å². The highest BCUT2D eigenvalue weighted by atomic mass is 32.1. The van der Waals surface area contributed by atoms with E-state index in [1.54, 1.807) is 24.3 Å². The Kier molecular flexibility index (Phi) is 4.14. The molecule has 0 atom stereocenters. The number of benzene rings is 2. The fourth-order valence-electron chi connectivity index (χ4n) is 1.56. The Hall–Kier alpha value is -2.21. The maximum atomic E-state index is 13.8. The van der Waals surface area contributed by atoms with E-state index in [1.807, 2.05) is 0 Å². The lowest BCUT2D eigenvalue weighted by Crippen LogP contribution is -2.10. The molecule has 2 rings (SSSR count). The molecule has 0 saturated carbocycles. The maximum Gasteiger partial charge on any atom is 0.198 e. The minimum atomic E-state index is -0.872. The van der Waals surface area contributed by atoms with Crippen LogP contribution in [-0.4, -0.2) is 12.1 Å². The Morgan fingerprint density at radius 3 is 2.00 bits per heavy atom. The van der Waals surface area contributed by atoms with Crippen LogP contribution in [0, 0.1) is 11.6 Å². The molecule has 104 valence electrons. The summed E-state index contributed by atoms with van der Waals surface area (Å²) in [6.07, 6.45) is 0. The lowest BCUT2D eigenvalue weighted by Gasteiger charge is -2.10. The molecule has 0 bridgehead atoms. The molecular formula is C14H11F2NO2S. The van der Waals surface area contributed by atoms with E-state index in [0.717, 1.165) is 12.1 Å². The largest absolute Gasteiger partial charge is 0.497 e. The van der Waals surface area contributed by atoms with Gasteiger partial charge in [-0.3, -0.25) is 0 Å². The Morgan fingerprint density at radius 2 is 1.55 bits per heavy atom. The van der Waals surface area contributed by atoms with Gasteiger partial charge in [0.05, 0.1) is 7.11 Å². The first kappa shape index (κ1) is 14.2. The zero-order valence-electron chi connectivity index (χ0n) is 10.5. The van der Waals surface area contributed by atoms with Crippen LogP contribution in [0.5, 0.6) is 17.2 Å². The second-order valence-electron chi connectivity index (χ2n) is 3.91. The molecule has 0 saturated heterocycles. The standard InChI is InChI=1S/C14H11F2NO2S/c1-18-9-2-4-10(5-3-9)19-13-11(15)6-8(14(17)20)7-12(13)16/h2-7H,1H3,(H2,17,20). The molecule has 0 aromatic heterocycles. The summed E-state index contributed by atoms with van der Waals surface area (Å²) in [6, 6.07) is 8.38. The molecule has 20 heavy (non-hydrogen) atoms. The number of hydrogen-bond donors (Lipinski definition) is 1. The molecule has 0 radical (unpaired) electrons. The van der Waals surface area contributed by atoms with Crippen LogP contribution in [-0.2, 0) is 0 Å². The molecule has 0 spiro atoms. The number of thiocarbonyl (C=S) groups is 1. The molecule has 0 fully saturated rings. The average Bonchev–Trinajstić information content (AvgIpc) is 2.43. The summed E-state index contributed by atoms with van der Waals surface area (Å²) in [5.74, 6) is -1.35. The van der Waals surface area contributed by atoms with Crippen molar-refractivity contribution >= 4 is 17.2 Å². The van der Waals surface area contributed by atoms with Gasteiger partial charge in [0.1, 0.15) is 16.5 Å². The van der Waals surface area contributed by atoms with E-state index in [4.69, 9.17) is 15.2 Å². The molecule has 3 nitrogen and oxygen atoms in total. The van der Waals surface area contributed by atoms with E-state index < -0.39 is 17.4 Å². The van der Waals surface area contributed by atoms with E-state index in [0.29, 0.717) is 5.75 Å². The molecule has 2 aromatic rings. The second kappa shape index (κ2) is 5.83. The summed E-state index contributed by atoms with van der Waals surface area (Å²) in [6.45, 7) is 0. The van der Waals surface area contributed by atoms with Crippen LogP contribution < -0.4 is 15.2 Å². The van der Waals surface area contributed by atoms with Crippen molar-refractivity contribution in [2.24, 2.45) is 5.73 Å². The van der Waals surface area contributed by atoms with Gasteiger partial charge in [-0.05, 0) is 36.4 Å². The van der Waals surface area contributed by atoms with Gasteiger partial charge in [0.15, 0.2) is 17.4 Å². The van der Waals surface area contributed by atoms with E-state index >= 15 is 0 Å². The third kappa shape index (κ3) is 3.03. The number of methoxy groups -OCH3 is 1. The summed E-state index contributed by atoms with van der Waals surface area (Å²) in [7, 11) is 1.52. The van der Waals surface area contributed by atoms with Crippen LogP contribution in [0.3, 0.4) is 0 Å². The van der Waals surface area contributed by atoms with Gasteiger partial charge in [-0.1, -0.05) is 12.2 Å². The zero-order valence-corrected chi connectivity index (χ0v) is 11.3. The third-order valence-corrected chi connectivity index (χ3v) is 2.80. The van der Waals surface area contributed by atoms with Gasteiger partial charge >= 0.3 is 0 Å². The lowest BCUT2D eigenvalue weighted by atomic mass is 10.2. The zero-order chi connectivity index (χ0) is 14.7. The van der Waals surface area contributed by atoms with Crippen LogP contribution in [0.2, 0.25) is 0 Å². The molecule has 6 heteroatoms. The molecule has 0 amide bonds. The molecular weight excluding hydrogens is 284 g/mol. The predicted octanol–water partition coefficient (Wildman–Crippen LogP) is 3.40. The fourth-order valence-corrected chi connectivity index (χ4v) is 1.68. The van der Waals surface area contributed by atoms with E-state index in [1.165, 1.54) is 7.11 Å². The van der Waals surface area contributed by atoms with E-state index in [9.17, 15) is 8.78 Å². The van der Waals surface area contributed by atoms with Crippen molar-refractivity contribution in [1.29, 1.82) is 0 Å². The summed E-state index contributed by atoms with van der Waals surface area (Å²) in [5, 5.41) is 0. The number of ether oxygens (including phenoxy) is 2. The molecule has 0 unspecified atom stereocenters. The molecule has 0 heterocycles. The fraction of sp³-hybridized carbons (Fsp3) is 0.0714. The van der Waals surface area contributed by atoms with Gasteiger partial charge in [0.2, 0.25) is 0 Å². The first-order chi connectivity index (χ1) is 9.51. The molecule has 0 aliphatic heterocycles. The number of halogens is 2. The highest BCUT2D eigenvalue weighted by Gasteiger charge is 2.14. The molecule has 2 N–H and O–H groups in total. The van der Waals surface area contributed by atoms with E-state index in [-0.39, 0.29) is 16.3 Å². The summed E-state index contributed by atoms with van der Waals surface area (Å²) >= 11 is 4.67.